The minimum Gasteiger partial charge on any atom is -0.444 e. The van der Waals surface area contributed by atoms with Crippen molar-refractivity contribution in [3.8, 4) is 0 Å². The van der Waals surface area contributed by atoms with Gasteiger partial charge in [0.2, 0.25) is 0 Å². The van der Waals surface area contributed by atoms with Crippen LogP contribution >= 0.6 is 11.6 Å². The summed E-state index contributed by atoms with van der Waals surface area (Å²) in [6.07, 6.45) is 4.11. The number of rotatable bonds is 0. The molecule has 1 heterocycles. The van der Waals surface area contributed by atoms with Crippen LogP contribution in [0.1, 0.15) is 56.7 Å². The average molecular weight is 336 g/mol. The van der Waals surface area contributed by atoms with Gasteiger partial charge < -0.3 is 9.64 Å². The van der Waals surface area contributed by atoms with Crippen LogP contribution in [0.2, 0.25) is 5.02 Å². The molecule has 0 saturated carbocycles. The smallest absolute Gasteiger partial charge is 0.410 e. The molecule has 3 nitrogen and oxygen atoms in total. The first-order valence-corrected chi connectivity index (χ1v) is 8.85. The van der Waals surface area contributed by atoms with Crippen LogP contribution in [0.3, 0.4) is 0 Å². The molecule has 0 unspecified atom stereocenters. The number of likely N-dealkylation sites (tertiary alicyclic amines) is 1. The summed E-state index contributed by atoms with van der Waals surface area (Å²) in [5, 5.41) is 0.861. The van der Waals surface area contributed by atoms with Crippen molar-refractivity contribution in [2.24, 2.45) is 0 Å². The zero-order valence-corrected chi connectivity index (χ0v) is 15.3. The first kappa shape index (κ1) is 16.6. The summed E-state index contributed by atoms with van der Waals surface area (Å²) in [7, 11) is 0. The minimum absolute atomic E-state index is 0.187. The van der Waals surface area contributed by atoms with E-state index in [1.165, 1.54) is 17.5 Å². The number of benzene rings is 1. The number of nitrogens with zero attached hydrogens (tertiary/aromatic N) is 1. The fourth-order valence-corrected chi connectivity index (χ4v) is 4.08. The van der Waals surface area contributed by atoms with Crippen molar-refractivity contribution in [1.82, 2.24) is 4.90 Å². The molecule has 0 bridgehead atoms. The van der Waals surface area contributed by atoms with Crippen molar-refractivity contribution in [3.63, 3.8) is 0 Å². The van der Waals surface area contributed by atoms with E-state index in [-0.39, 0.29) is 11.5 Å². The highest BCUT2D eigenvalue weighted by molar-refractivity contribution is 6.31. The quantitative estimate of drug-likeness (QED) is 0.677. The first-order valence-electron chi connectivity index (χ1n) is 8.48. The van der Waals surface area contributed by atoms with Gasteiger partial charge in [-0.3, -0.25) is 0 Å². The number of carbonyl (C=O) groups is 1. The van der Waals surface area contributed by atoms with E-state index in [1.807, 2.05) is 25.7 Å². The third-order valence-corrected chi connectivity index (χ3v) is 5.61. The SMILES string of the molecule is Cc1cc2c(cc1Cl)C1(CC2)CCN(C(=O)OC(C)(C)C)CC1. The Labute approximate surface area is 144 Å². The third kappa shape index (κ3) is 3.21. The van der Waals surface area contributed by atoms with Gasteiger partial charge in [0, 0.05) is 18.1 Å². The molecule has 0 aromatic heterocycles. The molecule has 1 amide bonds. The normalized spacial score (nSPS) is 19.8. The number of amides is 1. The fraction of sp³-hybridized carbons (Fsp3) is 0.632. The molecule has 1 fully saturated rings. The van der Waals surface area contributed by atoms with Crippen LogP contribution in [0.5, 0.6) is 0 Å². The second kappa shape index (κ2) is 5.70. The monoisotopic (exact) mass is 335 g/mol. The second-order valence-electron chi connectivity index (χ2n) is 8.01. The lowest BCUT2D eigenvalue weighted by atomic mass is 9.74. The highest BCUT2D eigenvalue weighted by Crippen LogP contribution is 2.47. The Balaban J connectivity index is 1.73. The van der Waals surface area contributed by atoms with Gasteiger partial charge >= 0.3 is 6.09 Å². The Hall–Kier alpha value is -1.22. The number of piperidine rings is 1. The molecule has 0 N–H and O–H groups in total. The molecule has 1 aromatic carbocycles. The predicted octanol–water partition coefficient (Wildman–Crippen LogP) is 4.86. The molecular formula is C19H26ClNO2. The Morgan fingerprint density at radius 1 is 1.22 bits per heavy atom. The van der Waals surface area contributed by atoms with Crippen LogP contribution in [0.25, 0.3) is 0 Å². The Morgan fingerprint density at radius 3 is 2.48 bits per heavy atom. The number of ether oxygens (including phenoxy) is 1. The van der Waals surface area contributed by atoms with Gasteiger partial charge in [-0.05, 0) is 81.5 Å². The van der Waals surface area contributed by atoms with E-state index in [0.717, 1.165) is 42.9 Å². The Morgan fingerprint density at radius 2 is 1.87 bits per heavy atom. The van der Waals surface area contributed by atoms with Crippen LogP contribution < -0.4 is 0 Å². The average Bonchev–Trinajstić information content (AvgIpc) is 2.77. The van der Waals surface area contributed by atoms with Gasteiger partial charge in [-0.1, -0.05) is 17.7 Å². The molecule has 23 heavy (non-hydrogen) atoms. The standard InChI is InChI=1S/C19H26ClNO2/c1-13-11-14-5-6-19(15(14)12-16(13)20)7-9-21(10-8-19)17(22)23-18(2,3)4/h11-12H,5-10H2,1-4H3. The summed E-state index contributed by atoms with van der Waals surface area (Å²) >= 11 is 6.36. The summed E-state index contributed by atoms with van der Waals surface area (Å²) < 4.78 is 5.50. The number of carbonyl (C=O) groups excluding carboxylic acids is 1. The van der Waals surface area contributed by atoms with Gasteiger partial charge in [-0.2, -0.15) is 0 Å². The highest BCUT2D eigenvalue weighted by atomic mass is 35.5. The molecule has 2 aliphatic rings. The van der Waals surface area contributed by atoms with E-state index in [9.17, 15) is 4.79 Å². The first-order chi connectivity index (χ1) is 10.7. The number of hydrogen-bond donors (Lipinski definition) is 0. The van der Waals surface area contributed by atoms with E-state index < -0.39 is 5.60 Å². The summed E-state index contributed by atoms with van der Waals surface area (Å²) in [6.45, 7) is 9.33. The number of fused-ring (bicyclic) bond motifs is 2. The lowest BCUT2D eigenvalue weighted by molar-refractivity contribution is 0.0164. The Bertz CT molecular complexity index is 625. The molecule has 1 spiro atoms. The van der Waals surface area contributed by atoms with Crippen molar-refractivity contribution in [2.75, 3.05) is 13.1 Å². The van der Waals surface area contributed by atoms with E-state index in [1.54, 1.807) is 0 Å². The van der Waals surface area contributed by atoms with E-state index in [2.05, 4.69) is 19.1 Å². The van der Waals surface area contributed by atoms with Crippen molar-refractivity contribution in [3.05, 3.63) is 33.8 Å². The lowest BCUT2D eigenvalue weighted by Crippen LogP contribution is -2.46. The van der Waals surface area contributed by atoms with Crippen LogP contribution in [0, 0.1) is 6.92 Å². The van der Waals surface area contributed by atoms with Crippen LogP contribution in [0.4, 0.5) is 4.79 Å². The van der Waals surface area contributed by atoms with Crippen molar-refractivity contribution in [1.29, 1.82) is 0 Å². The van der Waals surface area contributed by atoms with Gasteiger partial charge in [0.25, 0.3) is 0 Å². The zero-order chi connectivity index (χ0) is 16.8. The molecule has 1 saturated heterocycles. The van der Waals surface area contributed by atoms with Crippen molar-refractivity contribution < 1.29 is 9.53 Å². The number of aryl methyl sites for hydroxylation is 2. The molecule has 1 aliphatic heterocycles. The van der Waals surface area contributed by atoms with Gasteiger partial charge in [-0.15, -0.1) is 0 Å². The Kier molecular flexibility index (Phi) is 4.12. The zero-order valence-electron chi connectivity index (χ0n) is 14.5. The second-order valence-corrected chi connectivity index (χ2v) is 8.41. The lowest BCUT2D eigenvalue weighted by Gasteiger charge is -2.40. The number of hydrogen-bond acceptors (Lipinski definition) is 2. The van der Waals surface area contributed by atoms with Crippen LogP contribution in [0.15, 0.2) is 12.1 Å². The molecule has 126 valence electrons. The summed E-state index contributed by atoms with van der Waals surface area (Å²) in [5.74, 6) is 0. The summed E-state index contributed by atoms with van der Waals surface area (Å²) in [6, 6.07) is 4.41. The van der Waals surface area contributed by atoms with Crippen molar-refractivity contribution in [2.45, 2.75) is 64.4 Å². The molecule has 1 aliphatic carbocycles. The minimum atomic E-state index is -0.433. The number of halogens is 1. The maximum atomic E-state index is 12.2. The van der Waals surface area contributed by atoms with Crippen LogP contribution in [-0.2, 0) is 16.6 Å². The summed E-state index contributed by atoms with van der Waals surface area (Å²) in [4.78, 5) is 14.1. The topological polar surface area (TPSA) is 29.5 Å². The third-order valence-electron chi connectivity index (χ3n) is 5.20. The molecule has 3 rings (SSSR count). The van der Waals surface area contributed by atoms with Crippen LogP contribution in [-0.4, -0.2) is 29.7 Å². The molecule has 0 atom stereocenters. The molecular weight excluding hydrogens is 310 g/mol. The van der Waals surface area contributed by atoms with Gasteiger partial charge in [0.1, 0.15) is 5.60 Å². The van der Waals surface area contributed by atoms with Gasteiger partial charge in [-0.25, -0.2) is 4.79 Å². The molecule has 1 aromatic rings. The van der Waals surface area contributed by atoms with Gasteiger partial charge in [0.05, 0.1) is 0 Å². The largest absolute Gasteiger partial charge is 0.444 e. The van der Waals surface area contributed by atoms with E-state index in [4.69, 9.17) is 16.3 Å². The van der Waals surface area contributed by atoms with E-state index >= 15 is 0 Å². The van der Waals surface area contributed by atoms with Crippen molar-refractivity contribution >= 4 is 17.7 Å². The molecule has 0 radical (unpaired) electrons. The molecule has 4 heteroatoms. The fourth-order valence-electron chi connectivity index (χ4n) is 3.91. The summed E-state index contributed by atoms with van der Waals surface area (Å²) in [5.41, 5.74) is 3.78. The highest BCUT2D eigenvalue weighted by Gasteiger charge is 2.42. The maximum absolute atomic E-state index is 12.2. The van der Waals surface area contributed by atoms with Gasteiger partial charge in [0.15, 0.2) is 0 Å². The maximum Gasteiger partial charge on any atom is 0.410 e. The van der Waals surface area contributed by atoms with E-state index in [0.29, 0.717) is 0 Å². The predicted molar refractivity (Wildman–Crippen MR) is 93.2 cm³/mol.